The predicted molar refractivity (Wildman–Crippen MR) is 90.5 cm³/mol. The molecule has 0 unspecified atom stereocenters. The van der Waals surface area contributed by atoms with Crippen LogP contribution in [-0.4, -0.2) is 100 Å². The fourth-order valence-corrected chi connectivity index (χ4v) is 2.06. The zero-order valence-electron chi connectivity index (χ0n) is 13.6. The van der Waals surface area contributed by atoms with E-state index in [0.717, 1.165) is 12.2 Å². The molecule has 0 aromatic heterocycles. The maximum absolute atomic E-state index is 10.5. The molecule has 0 bridgehead atoms. The molecule has 0 spiro atoms. The van der Waals surface area contributed by atoms with Crippen LogP contribution in [0.25, 0.3) is 0 Å². The Hall–Kier alpha value is -0.500. The maximum atomic E-state index is 10.5. The standard InChI is InChI=1S/2C6H11NO4S.Ca/c2*1-2-6(8)7-4-3-5-12(9,10)11;/h2*2H,1,3-5H2,(H,7,8)(H,9,10,11);/q;;+2/p-2. The van der Waals surface area contributed by atoms with Gasteiger partial charge in [-0.25, -0.2) is 16.8 Å². The Kier molecular flexibility index (Phi) is 18.4. The quantitative estimate of drug-likeness (QED) is 0.176. The Labute approximate surface area is 177 Å². The van der Waals surface area contributed by atoms with Gasteiger partial charge in [-0.2, -0.15) is 0 Å². The minimum Gasteiger partial charge on any atom is -0.748 e. The second kappa shape index (κ2) is 15.7. The maximum Gasteiger partial charge on any atom is 2.00 e. The minimum absolute atomic E-state index is 0. The van der Waals surface area contributed by atoms with E-state index in [1.165, 1.54) is 0 Å². The summed E-state index contributed by atoms with van der Waals surface area (Å²) in [6.45, 7) is 6.74. The van der Waals surface area contributed by atoms with Crippen molar-refractivity contribution in [1.82, 2.24) is 10.6 Å². The summed E-state index contributed by atoms with van der Waals surface area (Å²) in [6, 6.07) is 0. The van der Waals surface area contributed by atoms with Crippen molar-refractivity contribution in [3.05, 3.63) is 25.3 Å². The Morgan fingerprint density at radius 1 is 0.800 bits per heavy atom. The smallest absolute Gasteiger partial charge is 0.748 e. The molecule has 0 aromatic rings. The molecular formula is C12H20CaN2O8S2. The third kappa shape index (κ3) is 28.6. The van der Waals surface area contributed by atoms with Crippen LogP contribution in [0.5, 0.6) is 0 Å². The van der Waals surface area contributed by atoms with Crippen molar-refractivity contribution in [2.75, 3.05) is 24.6 Å². The van der Waals surface area contributed by atoms with Crippen LogP contribution in [-0.2, 0) is 29.8 Å². The molecule has 0 saturated carbocycles. The number of rotatable bonds is 10. The van der Waals surface area contributed by atoms with E-state index in [1.54, 1.807) is 0 Å². The number of carbonyl (C=O) groups excluding carboxylic acids is 2. The molecule has 0 aliphatic carbocycles. The number of hydrogen-bond donors (Lipinski definition) is 2. The second-order valence-corrected chi connectivity index (χ2v) is 7.27. The van der Waals surface area contributed by atoms with Crippen LogP contribution in [0.15, 0.2) is 25.3 Å². The van der Waals surface area contributed by atoms with Crippen molar-refractivity contribution < 1.29 is 35.5 Å². The summed E-state index contributed by atoms with van der Waals surface area (Å²) in [6.07, 6.45) is 2.41. The topological polar surface area (TPSA) is 173 Å². The number of hydrogen-bond acceptors (Lipinski definition) is 8. The number of nitrogens with one attached hydrogen (secondary N) is 2. The average Bonchev–Trinajstić information content (AvgIpc) is 2.46. The zero-order valence-corrected chi connectivity index (χ0v) is 17.4. The fourth-order valence-electron chi connectivity index (χ4n) is 1.07. The molecule has 0 aliphatic rings. The molecule has 0 radical (unpaired) electrons. The summed E-state index contributed by atoms with van der Waals surface area (Å²) in [5.74, 6) is -1.66. The molecule has 2 amide bonds. The van der Waals surface area contributed by atoms with Crippen molar-refractivity contribution in [2.45, 2.75) is 12.8 Å². The van der Waals surface area contributed by atoms with Crippen LogP contribution >= 0.6 is 0 Å². The van der Waals surface area contributed by atoms with Gasteiger partial charge in [0.25, 0.3) is 0 Å². The third-order valence-corrected chi connectivity index (χ3v) is 3.69. The van der Waals surface area contributed by atoms with Crippen LogP contribution < -0.4 is 10.6 Å². The van der Waals surface area contributed by atoms with Crippen molar-refractivity contribution in [1.29, 1.82) is 0 Å². The number of amides is 2. The van der Waals surface area contributed by atoms with Crippen LogP contribution in [0, 0.1) is 0 Å². The summed E-state index contributed by atoms with van der Waals surface area (Å²) in [4.78, 5) is 21.0. The van der Waals surface area contributed by atoms with Crippen molar-refractivity contribution in [2.24, 2.45) is 0 Å². The van der Waals surface area contributed by atoms with E-state index in [2.05, 4.69) is 23.8 Å². The van der Waals surface area contributed by atoms with Crippen LogP contribution in [0.2, 0.25) is 0 Å². The van der Waals surface area contributed by atoms with E-state index in [-0.39, 0.29) is 75.5 Å². The van der Waals surface area contributed by atoms with E-state index >= 15 is 0 Å². The first-order valence-corrected chi connectivity index (χ1v) is 9.74. The molecule has 0 saturated heterocycles. The molecular weight excluding hydrogens is 404 g/mol. The van der Waals surface area contributed by atoms with E-state index in [1.807, 2.05) is 0 Å². The SMILES string of the molecule is C=CC(=O)NCCCS(=O)(=O)[O-].C=CC(=O)NCCCS(=O)(=O)[O-].[Ca+2]. The largest absolute Gasteiger partial charge is 2.00 e. The molecule has 10 nitrogen and oxygen atoms in total. The molecule has 13 heteroatoms. The molecule has 0 atom stereocenters. The van der Waals surface area contributed by atoms with Crippen LogP contribution in [0.4, 0.5) is 0 Å². The first-order chi connectivity index (χ1) is 10.9. The van der Waals surface area contributed by atoms with Gasteiger partial charge in [-0.05, 0) is 25.0 Å². The summed E-state index contributed by atoms with van der Waals surface area (Å²) in [5.41, 5.74) is 0. The fraction of sp³-hybridized carbons (Fsp3) is 0.500. The first-order valence-electron chi connectivity index (χ1n) is 6.59. The van der Waals surface area contributed by atoms with Crippen LogP contribution in [0.3, 0.4) is 0 Å². The Morgan fingerprint density at radius 2 is 1.08 bits per heavy atom. The van der Waals surface area contributed by atoms with Gasteiger partial charge in [0.1, 0.15) is 0 Å². The van der Waals surface area contributed by atoms with Gasteiger partial charge in [0.15, 0.2) is 0 Å². The molecule has 0 aliphatic heterocycles. The average molecular weight is 425 g/mol. The van der Waals surface area contributed by atoms with Gasteiger partial charge in [0.2, 0.25) is 11.8 Å². The van der Waals surface area contributed by atoms with E-state index < -0.39 is 31.7 Å². The van der Waals surface area contributed by atoms with Gasteiger partial charge >= 0.3 is 37.7 Å². The molecule has 0 fully saturated rings. The predicted octanol–water partition coefficient (Wildman–Crippen LogP) is -1.93. The second-order valence-electron chi connectivity index (χ2n) is 4.22. The van der Waals surface area contributed by atoms with Gasteiger partial charge in [-0.15, -0.1) is 0 Å². The van der Waals surface area contributed by atoms with Gasteiger partial charge < -0.3 is 19.7 Å². The summed E-state index contributed by atoms with van der Waals surface area (Å²) >= 11 is 0. The molecule has 2 N–H and O–H groups in total. The van der Waals surface area contributed by atoms with Crippen molar-refractivity contribution in [3.63, 3.8) is 0 Å². The molecule has 25 heavy (non-hydrogen) atoms. The third-order valence-electron chi connectivity index (χ3n) is 2.11. The first kappa shape index (κ1) is 29.3. The molecule has 140 valence electrons. The molecule has 0 heterocycles. The Morgan fingerprint density at radius 3 is 1.28 bits per heavy atom. The monoisotopic (exact) mass is 424 g/mol. The van der Waals surface area contributed by atoms with Crippen molar-refractivity contribution >= 4 is 69.8 Å². The summed E-state index contributed by atoms with van der Waals surface area (Å²) in [5, 5.41) is 4.69. The van der Waals surface area contributed by atoms with E-state index in [9.17, 15) is 35.5 Å². The van der Waals surface area contributed by atoms with Crippen LogP contribution in [0.1, 0.15) is 12.8 Å². The van der Waals surface area contributed by atoms with Crippen molar-refractivity contribution in [3.8, 4) is 0 Å². The Balaban J connectivity index is -0.000000372. The van der Waals surface area contributed by atoms with E-state index in [0.29, 0.717) is 0 Å². The molecule has 0 rings (SSSR count). The zero-order chi connectivity index (χ0) is 19.2. The summed E-state index contributed by atoms with van der Waals surface area (Å²) < 4.78 is 60.3. The Bertz CT molecular complexity index is 576. The summed E-state index contributed by atoms with van der Waals surface area (Å²) in [7, 11) is -8.31. The minimum atomic E-state index is -4.16. The van der Waals surface area contributed by atoms with Gasteiger partial charge in [0.05, 0.1) is 20.2 Å². The van der Waals surface area contributed by atoms with Gasteiger partial charge in [-0.1, -0.05) is 13.2 Å². The normalized spacial score (nSPS) is 10.3. The van der Waals surface area contributed by atoms with Gasteiger partial charge in [-0.3, -0.25) is 9.59 Å². The van der Waals surface area contributed by atoms with Gasteiger partial charge in [0, 0.05) is 24.6 Å². The van der Waals surface area contributed by atoms with E-state index in [4.69, 9.17) is 0 Å². The molecule has 0 aromatic carbocycles. The number of carbonyl (C=O) groups is 2.